The van der Waals surface area contributed by atoms with E-state index in [1.807, 2.05) is 54.6 Å². The van der Waals surface area contributed by atoms with Crippen LogP contribution < -0.4 is 10.6 Å². The minimum Gasteiger partial charge on any atom is -0.380 e. The molecule has 3 amide bonds. The maximum atomic E-state index is 12.5. The molecule has 2 N–H and O–H groups in total. The van der Waals surface area contributed by atoms with Crippen LogP contribution in [0.15, 0.2) is 54.6 Å². The number of likely N-dealkylation sites (tertiary alicyclic amines) is 1. The van der Waals surface area contributed by atoms with Gasteiger partial charge in [-0.2, -0.15) is 0 Å². The molecule has 3 rings (SSSR count). The number of piperidine rings is 1. The molecule has 1 fully saturated rings. The van der Waals surface area contributed by atoms with Gasteiger partial charge in [-0.25, -0.2) is 4.79 Å². The van der Waals surface area contributed by atoms with Crippen molar-refractivity contribution in [1.29, 1.82) is 0 Å². The van der Waals surface area contributed by atoms with E-state index in [9.17, 15) is 9.59 Å². The molecule has 0 unspecified atom stereocenters. The lowest BCUT2D eigenvalue weighted by Crippen LogP contribution is -2.43. The first-order valence-electron chi connectivity index (χ1n) is 9.15. The third kappa shape index (κ3) is 5.31. The average molecular weight is 367 g/mol. The molecule has 0 spiro atoms. The van der Waals surface area contributed by atoms with Crippen molar-refractivity contribution in [3.63, 3.8) is 0 Å². The summed E-state index contributed by atoms with van der Waals surface area (Å²) >= 11 is 0. The van der Waals surface area contributed by atoms with Crippen LogP contribution >= 0.6 is 0 Å². The topological polar surface area (TPSA) is 70.7 Å². The van der Waals surface area contributed by atoms with E-state index >= 15 is 0 Å². The van der Waals surface area contributed by atoms with Crippen LogP contribution in [0.4, 0.5) is 16.2 Å². The van der Waals surface area contributed by atoms with E-state index < -0.39 is 0 Å². The van der Waals surface area contributed by atoms with E-state index in [1.165, 1.54) is 0 Å². The molecular formula is C21H25N3O3. The number of ether oxygens (including phenoxy) is 1. The lowest BCUT2D eigenvalue weighted by Gasteiger charge is -2.31. The van der Waals surface area contributed by atoms with Gasteiger partial charge in [-0.1, -0.05) is 30.3 Å². The monoisotopic (exact) mass is 367 g/mol. The van der Waals surface area contributed by atoms with Gasteiger partial charge in [0.25, 0.3) is 0 Å². The summed E-state index contributed by atoms with van der Waals surface area (Å²) in [5.41, 5.74) is 2.57. The Balaban J connectivity index is 1.49. The van der Waals surface area contributed by atoms with Crippen LogP contribution in [0.2, 0.25) is 0 Å². The highest BCUT2D eigenvalue weighted by molar-refractivity contribution is 5.93. The number of methoxy groups -OCH3 is 1. The zero-order valence-electron chi connectivity index (χ0n) is 15.5. The van der Waals surface area contributed by atoms with E-state index in [0.29, 0.717) is 32.5 Å². The number of benzene rings is 2. The second-order valence-electron chi connectivity index (χ2n) is 6.68. The second-order valence-corrected chi connectivity index (χ2v) is 6.68. The SMILES string of the molecule is COCc1cccc(NC(=O)C2CCN(C(=O)Nc3ccccc3)CC2)c1. The van der Waals surface area contributed by atoms with Crippen LogP contribution in [0.1, 0.15) is 18.4 Å². The summed E-state index contributed by atoms with van der Waals surface area (Å²) < 4.78 is 5.12. The predicted octanol–water partition coefficient (Wildman–Crippen LogP) is 3.72. The molecule has 1 heterocycles. The molecule has 6 heteroatoms. The molecule has 0 atom stereocenters. The minimum absolute atomic E-state index is 0.00712. The standard InChI is InChI=1S/C21H25N3O3/c1-27-15-16-6-5-9-19(14-16)22-20(25)17-10-12-24(13-11-17)21(26)23-18-7-3-2-4-8-18/h2-9,14,17H,10-13,15H2,1H3,(H,22,25)(H,23,26). The van der Waals surface area contributed by atoms with Gasteiger partial charge in [-0.3, -0.25) is 4.79 Å². The fraction of sp³-hybridized carbons (Fsp3) is 0.333. The van der Waals surface area contributed by atoms with Crippen molar-refractivity contribution in [2.45, 2.75) is 19.4 Å². The number of nitrogens with zero attached hydrogens (tertiary/aromatic N) is 1. The van der Waals surface area contributed by atoms with Gasteiger partial charge in [-0.05, 0) is 42.7 Å². The average Bonchev–Trinajstić information content (AvgIpc) is 2.69. The summed E-state index contributed by atoms with van der Waals surface area (Å²) in [4.78, 5) is 26.6. The van der Waals surface area contributed by atoms with Gasteiger partial charge in [-0.15, -0.1) is 0 Å². The number of nitrogens with one attached hydrogen (secondary N) is 2. The normalized spacial score (nSPS) is 14.6. The number of amides is 3. The smallest absolute Gasteiger partial charge is 0.321 e. The molecule has 0 aromatic heterocycles. The fourth-order valence-electron chi connectivity index (χ4n) is 3.22. The fourth-order valence-corrected chi connectivity index (χ4v) is 3.22. The summed E-state index contributed by atoms with van der Waals surface area (Å²) in [5.74, 6) is -0.0791. The van der Waals surface area contributed by atoms with E-state index in [1.54, 1.807) is 12.0 Å². The van der Waals surface area contributed by atoms with Crippen molar-refractivity contribution in [2.24, 2.45) is 5.92 Å². The van der Waals surface area contributed by atoms with Crippen LogP contribution in [-0.4, -0.2) is 37.0 Å². The van der Waals surface area contributed by atoms with Crippen LogP contribution in [0, 0.1) is 5.92 Å². The van der Waals surface area contributed by atoms with Crippen LogP contribution in [0.5, 0.6) is 0 Å². The zero-order valence-corrected chi connectivity index (χ0v) is 15.5. The lowest BCUT2D eigenvalue weighted by molar-refractivity contribution is -0.121. The van der Waals surface area contributed by atoms with E-state index in [4.69, 9.17) is 4.74 Å². The molecule has 1 saturated heterocycles. The molecule has 0 radical (unpaired) electrons. The van der Waals surface area contributed by atoms with Crippen molar-refractivity contribution in [1.82, 2.24) is 4.90 Å². The maximum absolute atomic E-state index is 12.5. The van der Waals surface area contributed by atoms with E-state index in [-0.39, 0.29) is 17.9 Å². The Kier molecular flexibility index (Phi) is 6.44. The first-order chi connectivity index (χ1) is 13.2. The maximum Gasteiger partial charge on any atom is 0.321 e. The molecule has 0 bridgehead atoms. The van der Waals surface area contributed by atoms with Crippen LogP contribution in [-0.2, 0) is 16.1 Å². The Hall–Kier alpha value is -2.86. The van der Waals surface area contributed by atoms with Gasteiger partial charge in [0.15, 0.2) is 0 Å². The lowest BCUT2D eigenvalue weighted by atomic mass is 9.96. The van der Waals surface area contributed by atoms with Gasteiger partial charge in [0.1, 0.15) is 0 Å². The Morgan fingerprint density at radius 3 is 2.41 bits per heavy atom. The highest BCUT2D eigenvalue weighted by Crippen LogP contribution is 2.21. The highest BCUT2D eigenvalue weighted by Gasteiger charge is 2.27. The predicted molar refractivity (Wildman–Crippen MR) is 106 cm³/mol. The summed E-state index contributed by atoms with van der Waals surface area (Å²) in [5, 5.41) is 5.87. The molecule has 6 nitrogen and oxygen atoms in total. The Morgan fingerprint density at radius 1 is 1.00 bits per heavy atom. The molecule has 2 aromatic rings. The van der Waals surface area contributed by atoms with Crippen molar-refractivity contribution in [2.75, 3.05) is 30.8 Å². The number of rotatable bonds is 5. The van der Waals surface area contributed by atoms with Crippen molar-refractivity contribution in [3.05, 3.63) is 60.2 Å². The van der Waals surface area contributed by atoms with Gasteiger partial charge in [0.2, 0.25) is 5.91 Å². The molecule has 0 aliphatic carbocycles. The minimum atomic E-state index is -0.118. The summed E-state index contributed by atoms with van der Waals surface area (Å²) in [7, 11) is 1.65. The van der Waals surface area contributed by atoms with Crippen molar-refractivity contribution in [3.8, 4) is 0 Å². The number of anilines is 2. The first-order valence-corrected chi connectivity index (χ1v) is 9.15. The van der Waals surface area contributed by atoms with Gasteiger partial charge >= 0.3 is 6.03 Å². The van der Waals surface area contributed by atoms with Crippen LogP contribution in [0.3, 0.4) is 0 Å². The molecule has 1 aliphatic rings. The second kappa shape index (κ2) is 9.19. The summed E-state index contributed by atoms with van der Waals surface area (Å²) in [6, 6.07) is 16.9. The Morgan fingerprint density at radius 2 is 1.70 bits per heavy atom. The van der Waals surface area contributed by atoms with E-state index in [2.05, 4.69) is 10.6 Å². The third-order valence-electron chi connectivity index (χ3n) is 4.68. The van der Waals surface area contributed by atoms with Crippen molar-refractivity contribution >= 4 is 23.3 Å². The van der Waals surface area contributed by atoms with E-state index in [0.717, 1.165) is 16.9 Å². The van der Waals surface area contributed by atoms with Crippen LogP contribution in [0.25, 0.3) is 0 Å². The molecule has 27 heavy (non-hydrogen) atoms. The first kappa shape index (κ1) is 18.9. The number of hydrogen-bond donors (Lipinski definition) is 2. The molecular weight excluding hydrogens is 342 g/mol. The Labute approximate surface area is 159 Å². The molecule has 1 aliphatic heterocycles. The number of carbonyl (C=O) groups excluding carboxylic acids is 2. The number of para-hydroxylation sites is 1. The number of urea groups is 1. The summed E-state index contributed by atoms with van der Waals surface area (Å²) in [6.07, 6.45) is 1.32. The summed E-state index contributed by atoms with van der Waals surface area (Å²) in [6.45, 7) is 1.65. The molecule has 142 valence electrons. The van der Waals surface area contributed by atoms with Crippen molar-refractivity contribution < 1.29 is 14.3 Å². The molecule has 2 aromatic carbocycles. The van der Waals surface area contributed by atoms with Gasteiger partial charge < -0.3 is 20.3 Å². The molecule has 0 saturated carbocycles. The third-order valence-corrected chi connectivity index (χ3v) is 4.68. The van der Waals surface area contributed by atoms with Gasteiger partial charge in [0.05, 0.1) is 6.61 Å². The highest BCUT2D eigenvalue weighted by atomic mass is 16.5. The zero-order chi connectivity index (χ0) is 19.1. The number of hydrogen-bond acceptors (Lipinski definition) is 3. The number of carbonyl (C=O) groups is 2. The quantitative estimate of drug-likeness (QED) is 0.846. The van der Waals surface area contributed by atoms with Gasteiger partial charge in [0, 0.05) is 37.5 Å². The largest absolute Gasteiger partial charge is 0.380 e. The Bertz CT molecular complexity index is 771.